The molecule has 1 aliphatic heterocycles. The quantitative estimate of drug-likeness (QED) is 0.908. The molecule has 4 nitrogen and oxygen atoms in total. The normalized spacial score (nSPS) is 14.9. The number of nitrogens with two attached hydrogens (primary N) is 1. The number of nitrogens with one attached hydrogen (secondary N) is 1. The maximum absolute atomic E-state index is 6.07. The lowest BCUT2D eigenvalue weighted by Gasteiger charge is -2.18. The van der Waals surface area contributed by atoms with Crippen molar-refractivity contribution < 1.29 is 0 Å². The van der Waals surface area contributed by atoms with Gasteiger partial charge in [0.1, 0.15) is 0 Å². The number of anilines is 1. The molecule has 0 saturated carbocycles. The summed E-state index contributed by atoms with van der Waals surface area (Å²) < 4.78 is 0. The standard InChI is InChI=1S/C15H18N4S/c1-10(2)19-8-12(20-9-19)13-14(17-18-15(13)16)11-6-4-3-5-7-11/h3-8,10H,9H2,1-2H3,(H3,16,17,18). The van der Waals surface area contributed by atoms with Crippen LogP contribution in [0, 0.1) is 0 Å². The lowest BCUT2D eigenvalue weighted by molar-refractivity contribution is 0.368. The molecule has 0 amide bonds. The number of hydrogen-bond acceptors (Lipinski definition) is 4. The highest BCUT2D eigenvalue weighted by atomic mass is 32.2. The number of rotatable bonds is 3. The highest BCUT2D eigenvalue weighted by Crippen LogP contribution is 2.41. The minimum atomic E-state index is 0.494. The van der Waals surface area contributed by atoms with Crippen molar-refractivity contribution in [2.24, 2.45) is 0 Å². The van der Waals surface area contributed by atoms with Crippen LogP contribution in [0.5, 0.6) is 0 Å². The van der Waals surface area contributed by atoms with Gasteiger partial charge in [0, 0.05) is 22.7 Å². The van der Waals surface area contributed by atoms with Gasteiger partial charge in [0.2, 0.25) is 0 Å². The first-order valence-corrected chi connectivity index (χ1v) is 7.65. The Kier molecular flexibility index (Phi) is 3.44. The summed E-state index contributed by atoms with van der Waals surface area (Å²) >= 11 is 1.81. The molecule has 0 fully saturated rings. The summed E-state index contributed by atoms with van der Waals surface area (Å²) in [7, 11) is 0. The Labute approximate surface area is 123 Å². The van der Waals surface area contributed by atoms with Gasteiger partial charge < -0.3 is 10.6 Å². The molecule has 0 radical (unpaired) electrons. The van der Waals surface area contributed by atoms with Gasteiger partial charge in [0.15, 0.2) is 5.82 Å². The molecular weight excluding hydrogens is 268 g/mol. The third-order valence-electron chi connectivity index (χ3n) is 3.42. The fourth-order valence-corrected chi connectivity index (χ4v) is 3.44. The van der Waals surface area contributed by atoms with Gasteiger partial charge in [-0.1, -0.05) is 30.3 Å². The van der Waals surface area contributed by atoms with E-state index in [1.54, 1.807) is 11.8 Å². The number of H-pyrrole nitrogens is 1. The summed E-state index contributed by atoms with van der Waals surface area (Å²) in [4.78, 5) is 3.49. The zero-order chi connectivity index (χ0) is 14.1. The number of benzene rings is 1. The molecule has 3 rings (SSSR count). The van der Waals surface area contributed by atoms with Gasteiger partial charge in [0.25, 0.3) is 0 Å². The van der Waals surface area contributed by atoms with Crippen LogP contribution >= 0.6 is 11.8 Å². The molecule has 0 saturated heterocycles. The van der Waals surface area contributed by atoms with Crippen LogP contribution in [-0.4, -0.2) is 27.0 Å². The second-order valence-electron chi connectivity index (χ2n) is 5.10. The van der Waals surface area contributed by atoms with Crippen LogP contribution in [-0.2, 0) is 0 Å². The fraction of sp³-hybridized carbons (Fsp3) is 0.267. The second-order valence-corrected chi connectivity index (χ2v) is 6.09. The summed E-state index contributed by atoms with van der Waals surface area (Å²) in [5.74, 6) is 1.53. The molecule has 20 heavy (non-hydrogen) atoms. The largest absolute Gasteiger partial charge is 0.382 e. The van der Waals surface area contributed by atoms with Crippen LogP contribution in [0.25, 0.3) is 16.2 Å². The second kappa shape index (κ2) is 5.25. The van der Waals surface area contributed by atoms with Gasteiger partial charge in [0.05, 0.1) is 17.1 Å². The van der Waals surface area contributed by atoms with Crippen molar-refractivity contribution >= 4 is 22.5 Å². The van der Waals surface area contributed by atoms with Crippen molar-refractivity contribution in [2.75, 3.05) is 11.6 Å². The first-order chi connectivity index (χ1) is 9.66. The van der Waals surface area contributed by atoms with Crippen molar-refractivity contribution in [3.63, 3.8) is 0 Å². The maximum atomic E-state index is 6.07. The minimum absolute atomic E-state index is 0.494. The van der Waals surface area contributed by atoms with Crippen molar-refractivity contribution in [2.45, 2.75) is 19.9 Å². The molecular formula is C15H18N4S. The van der Waals surface area contributed by atoms with Crippen LogP contribution in [0.2, 0.25) is 0 Å². The topological polar surface area (TPSA) is 57.9 Å². The summed E-state index contributed by atoms with van der Waals surface area (Å²) in [6.45, 7) is 4.38. The van der Waals surface area contributed by atoms with Gasteiger partial charge in [-0.15, -0.1) is 11.8 Å². The number of thioether (sulfide) groups is 1. The lowest BCUT2D eigenvalue weighted by Crippen LogP contribution is -2.21. The van der Waals surface area contributed by atoms with E-state index in [1.165, 1.54) is 4.91 Å². The number of aromatic amines is 1. The number of nitrogens with zero attached hydrogens (tertiary/aromatic N) is 2. The average molecular weight is 286 g/mol. The molecule has 1 aliphatic rings. The van der Waals surface area contributed by atoms with Crippen LogP contribution < -0.4 is 5.73 Å². The fourth-order valence-electron chi connectivity index (χ4n) is 2.22. The molecule has 3 N–H and O–H groups in total. The number of hydrogen-bond donors (Lipinski definition) is 2. The Bertz CT molecular complexity index is 631. The molecule has 0 bridgehead atoms. The zero-order valence-corrected chi connectivity index (χ0v) is 12.4. The van der Waals surface area contributed by atoms with E-state index in [4.69, 9.17) is 5.73 Å². The van der Waals surface area contributed by atoms with Crippen molar-refractivity contribution in [3.8, 4) is 11.3 Å². The third kappa shape index (κ3) is 2.29. The molecule has 1 aromatic carbocycles. The average Bonchev–Trinajstić information content (AvgIpc) is 3.06. The SMILES string of the molecule is CC(C)N1C=C(c2c(N)n[nH]c2-c2ccccc2)SC1. The molecule has 0 aliphatic carbocycles. The number of aromatic nitrogens is 2. The Morgan fingerprint density at radius 3 is 2.70 bits per heavy atom. The Morgan fingerprint density at radius 2 is 2.05 bits per heavy atom. The minimum Gasteiger partial charge on any atom is -0.382 e. The first-order valence-electron chi connectivity index (χ1n) is 6.67. The van der Waals surface area contributed by atoms with Gasteiger partial charge in [-0.3, -0.25) is 5.10 Å². The maximum Gasteiger partial charge on any atom is 0.154 e. The molecule has 0 atom stereocenters. The summed E-state index contributed by atoms with van der Waals surface area (Å²) in [5, 5.41) is 7.25. The molecule has 5 heteroatoms. The van der Waals surface area contributed by atoms with Crippen LogP contribution in [0.1, 0.15) is 19.4 Å². The number of nitrogen functional groups attached to an aromatic ring is 1. The van der Waals surface area contributed by atoms with E-state index in [9.17, 15) is 0 Å². The van der Waals surface area contributed by atoms with Crippen molar-refractivity contribution in [3.05, 3.63) is 42.1 Å². The summed E-state index contributed by atoms with van der Waals surface area (Å²) in [6.07, 6.45) is 2.18. The summed E-state index contributed by atoms with van der Waals surface area (Å²) in [5.41, 5.74) is 9.18. The van der Waals surface area contributed by atoms with E-state index >= 15 is 0 Å². The van der Waals surface area contributed by atoms with E-state index in [0.29, 0.717) is 11.9 Å². The molecule has 0 unspecified atom stereocenters. The van der Waals surface area contributed by atoms with Gasteiger partial charge in [-0.2, -0.15) is 5.10 Å². The third-order valence-corrected chi connectivity index (χ3v) is 4.47. The van der Waals surface area contributed by atoms with Crippen LogP contribution in [0.3, 0.4) is 0 Å². The Hall–Kier alpha value is -1.88. The van der Waals surface area contributed by atoms with E-state index in [2.05, 4.69) is 47.3 Å². The van der Waals surface area contributed by atoms with E-state index < -0.39 is 0 Å². The van der Waals surface area contributed by atoms with Gasteiger partial charge in [-0.05, 0) is 13.8 Å². The van der Waals surface area contributed by atoms with E-state index in [0.717, 1.165) is 22.7 Å². The predicted molar refractivity (Wildman–Crippen MR) is 85.8 cm³/mol. The summed E-state index contributed by atoms with van der Waals surface area (Å²) in [6, 6.07) is 10.7. The van der Waals surface area contributed by atoms with Crippen molar-refractivity contribution in [1.82, 2.24) is 15.1 Å². The highest BCUT2D eigenvalue weighted by Gasteiger charge is 2.23. The van der Waals surface area contributed by atoms with Crippen LogP contribution in [0.4, 0.5) is 5.82 Å². The zero-order valence-electron chi connectivity index (χ0n) is 11.6. The molecule has 2 aromatic rings. The predicted octanol–water partition coefficient (Wildman–Crippen LogP) is 3.37. The highest BCUT2D eigenvalue weighted by molar-refractivity contribution is 8.08. The van der Waals surface area contributed by atoms with E-state index in [1.807, 2.05) is 18.2 Å². The van der Waals surface area contributed by atoms with E-state index in [-0.39, 0.29) is 0 Å². The Morgan fingerprint density at radius 1 is 1.30 bits per heavy atom. The molecule has 104 valence electrons. The Balaban J connectivity index is 2.03. The molecule has 0 spiro atoms. The lowest BCUT2D eigenvalue weighted by atomic mass is 10.1. The van der Waals surface area contributed by atoms with Crippen LogP contribution in [0.15, 0.2) is 36.5 Å². The van der Waals surface area contributed by atoms with Crippen molar-refractivity contribution in [1.29, 1.82) is 0 Å². The van der Waals surface area contributed by atoms with Gasteiger partial charge in [-0.25, -0.2) is 0 Å². The first kappa shape index (κ1) is 13.1. The smallest absolute Gasteiger partial charge is 0.154 e. The van der Waals surface area contributed by atoms with Gasteiger partial charge >= 0.3 is 0 Å². The monoisotopic (exact) mass is 286 g/mol. The molecule has 1 aromatic heterocycles. The molecule has 2 heterocycles.